The quantitative estimate of drug-likeness (QED) is 0.737. The Morgan fingerprint density at radius 1 is 1.27 bits per heavy atom. The first kappa shape index (κ1) is 17.5. The maximum atomic E-state index is 12.1. The van der Waals surface area contributed by atoms with E-state index in [1.807, 2.05) is 7.05 Å². The molecular weight excluding hydrogens is 278 g/mol. The van der Waals surface area contributed by atoms with Crippen molar-refractivity contribution in [3.05, 3.63) is 0 Å². The average Bonchev–Trinajstić information content (AvgIpc) is 2.90. The van der Waals surface area contributed by atoms with Crippen LogP contribution in [-0.2, 0) is 0 Å². The second-order valence-corrected chi connectivity index (χ2v) is 7.25. The summed E-state index contributed by atoms with van der Waals surface area (Å²) in [6.45, 7) is 7.22. The van der Waals surface area contributed by atoms with Crippen molar-refractivity contribution in [2.24, 2.45) is 11.8 Å². The van der Waals surface area contributed by atoms with E-state index < -0.39 is 0 Å². The van der Waals surface area contributed by atoms with E-state index in [-0.39, 0.29) is 18.1 Å². The highest BCUT2D eigenvalue weighted by atomic mass is 16.3. The number of piperidine rings is 1. The molecule has 2 aliphatic rings. The Hall–Kier alpha value is -0.810. The summed E-state index contributed by atoms with van der Waals surface area (Å²) in [5.41, 5.74) is 0. The molecule has 2 fully saturated rings. The fourth-order valence-corrected chi connectivity index (χ4v) is 3.58. The van der Waals surface area contributed by atoms with E-state index >= 15 is 0 Å². The second kappa shape index (κ2) is 8.73. The number of hydrogen-bond donors (Lipinski definition) is 2. The van der Waals surface area contributed by atoms with Crippen LogP contribution in [0.2, 0.25) is 0 Å². The van der Waals surface area contributed by atoms with Crippen LogP contribution in [0.1, 0.15) is 45.4 Å². The van der Waals surface area contributed by atoms with Gasteiger partial charge in [0, 0.05) is 26.1 Å². The Bertz CT molecular complexity index is 343. The van der Waals surface area contributed by atoms with Crippen LogP contribution in [-0.4, -0.2) is 66.8 Å². The molecular formula is C17H33N3O2. The molecule has 1 heterocycles. The first-order valence-electron chi connectivity index (χ1n) is 8.95. The van der Waals surface area contributed by atoms with Gasteiger partial charge in [0.05, 0.1) is 6.10 Å². The monoisotopic (exact) mass is 311 g/mol. The average molecular weight is 311 g/mol. The number of carbonyl (C=O) groups is 1. The molecule has 1 aliphatic carbocycles. The van der Waals surface area contributed by atoms with Gasteiger partial charge in [0.2, 0.25) is 0 Å². The molecule has 2 unspecified atom stereocenters. The number of carbonyl (C=O) groups excluding carboxylic acids is 1. The van der Waals surface area contributed by atoms with Gasteiger partial charge in [0.1, 0.15) is 0 Å². The molecule has 1 saturated heterocycles. The molecule has 2 atom stereocenters. The highest BCUT2D eigenvalue weighted by Gasteiger charge is 2.27. The van der Waals surface area contributed by atoms with Crippen LogP contribution in [0.5, 0.6) is 0 Å². The van der Waals surface area contributed by atoms with Crippen molar-refractivity contribution < 1.29 is 9.90 Å². The van der Waals surface area contributed by atoms with Crippen molar-refractivity contribution in [3.8, 4) is 0 Å². The molecule has 1 aliphatic heterocycles. The molecule has 128 valence electrons. The lowest BCUT2D eigenvalue weighted by atomic mass is 9.99. The lowest BCUT2D eigenvalue weighted by Crippen LogP contribution is -2.42. The second-order valence-electron chi connectivity index (χ2n) is 7.25. The fraction of sp³-hybridized carbons (Fsp3) is 0.941. The van der Waals surface area contributed by atoms with E-state index in [0.717, 1.165) is 44.7 Å². The predicted molar refractivity (Wildman–Crippen MR) is 88.8 cm³/mol. The van der Waals surface area contributed by atoms with Crippen molar-refractivity contribution in [3.63, 3.8) is 0 Å². The lowest BCUT2D eigenvalue weighted by Gasteiger charge is -2.30. The molecule has 0 aromatic carbocycles. The summed E-state index contributed by atoms with van der Waals surface area (Å²) < 4.78 is 0. The standard InChI is InChI=1S/C17H33N3O2/c1-14-7-11-20(12-8-14)10-4-9-18-17(22)19(2)13-15-5-3-6-16(15)21/h14-16,21H,3-13H2,1-2H3,(H,18,22). The summed E-state index contributed by atoms with van der Waals surface area (Å²) in [4.78, 5) is 16.3. The zero-order chi connectivity index (χ0) is 15.9. The van der Waals surface area contributed by atoms with Crippen LogP contribution in [0.3, 0.4) is 0 Å². The Balaban J connectivity index is 1.55. The van der Waals surface area contributed by atoms with Gasteiger partial charge in [-0.2, -0.15) is 0 Å². The SMILES string of the molecule is CC1CCN(CCCNC(=O)N(C)CC2CCCC2O)CC1. The number of nitrogens with one attached hydrogen (secondary N) is 1. The number of rotatable bonds is 6. The van der Waals surface area contributed by atoms with Crippen LogP contribution in [0.25, 0.3) is 0 Å². The van der Waals surface area contributed by atoms with Crippen LogP contribution >= 0.6 is 0 Å². The smallest absolute Gasteiger partial charge is 0.317 e. The summed E-state index contributed by atoms with van der Waals surface area (Å²) in [6.07, 6.45) is 6.39. The van der Waals surface area contributed by atoms with Gasteiger partial charge in [-0.05, 0) is 57.7 Å². The van der Waals surface area contributed by atoms with Gasteiger partial charge in [-0.15, -0.1) is 0 Å². The minimum atomic E-state index is -0.225. The van der Waals surface area contributed by atoms with E-state index in [1.165, 1.54) is 25.9 Å². The number of hydrogen-bond acceptors (Lipinski definition) is 3. The molecule has 0 spiro atoms. The fourth-order valence-electron chi connectivity index (χ4n) is 3.58. The molecule has 5 nitrogen and oxygen atoms in total. The predicted octanol–water partition coefficient (Wildman–Crippen LogP) is 1.91. The van der Waals surface area contributed by atoms with E-state index in [4.69, 9.17) is 0 Å². The Morgan fingerprint density at radius 2 is 2.00 bits per heavy atom. The maximum absolute atomic E-state index is 12.1. The third kappa shape index (κ3) is 5.43. The maximum Gasteiger partial charge on any atom is 0.317 e. The minimum absolute atomic E-state index is 0.00799. The van der Waals surface area contributed by atoms with Crippen LogP contribution in [0.4, 0.5) is 4.79 Å². The lowest BCUT2D eigenvalue weighted by molar-refractivity contribution is 0.114. The zero-order valence-corrected chi connectivity index (χ0v) is 14.3. The summed E-state index contributed by atoms with van der Waals surface area (Å²) in [6, 6.07) is -0.00799. The zero-order valence-electron chi connectivity index (χ0n) is 14.3. The van der Waals surface area contributed by atoms with Gasteiger partial charge in [0.15, 0.2) is 0 Å². The van der Waals surface area contributed by atoms with Crippen molar-refractivity contribution in [2.45, 2.75) is 51.6 Å². The molecule has 0 aromatic rings. The molecule has 5 heteroatoms. The van der Waals surface area contributed by atoms with E-state index in [9.17, 15) is 9.90 Å². The van der Waals surface area contributed by atoms with E-state index in [1.54, 1.807) is 4.90 Å². The van der Waals surface area contributed by atoms with Gasteiger partial charge in [-0.3, -0.25) is 0 Å². The van der Waals surface area contributed by atoms with Gasteiger partial charge in [0.25, 0.3) is 0 Å². The van der Waals surface area contributed by atoms with Crippen molar-refractivity contribution in [1.29, 1.82) is 0 Å². The minimum Gasteiger partial charge on any atom is -0.393 e. The number of amides is 2. The van der Waals surface area contributed by atoms with Crippen LogP contribution in [0, 0.1) is 11.8 Å². The van der Waals surface area contributed by atoms with Gasteiger partial charge in [-0.25, -0.2) is 4.79 Å². The normalized spacial score (nSPS) is 27.0. The number of aliphatic hydroxyl groups is 1. The number of aliphatic hydroxyl groups excluding tert-OH is 1. The largest absolute Gasteiger partial charge is 0.393 e. The number of likely N-dealkylation sites (tertiary alicyclic amines) is 1. The van der Waals surface area contributed by atoms with E-state index in [2.05, 4.69) is 17.1 Å². The Kier molecular flexibility index (Phi) is 6.96. The molecule has 2 N–H and O–H groups in total. The van der Waals surface area contributed by atoms with Crippen LogP contribution < -0.4 is 5.32 Å². The van der Waals surface area contributed by atoms with Crippen LogP contribution in [0.15, 0.2) is 0 Å². The highest BCUT2D eigenvalue weighted by Crippen LogP contribution is 2.25. The highest BCUT2D eigenvalue weighted by molar-refractivity contribution is 5.73. The molecule has 1 saturated carbocycles. The molecule has 0 bridgehead atoms. The Morgan fingerprint density at radius 3 is 2.64 bits per heavy atom. The van der Waals surface area contributed by atoms with E-state index in [0.29, 0.717) is 6.54 Å². The third-order valence-corrected chi connectivity index (χ3v) is 5.28. The van der Waals surface area contributed by atoms with Crippen molar-refractivity contribution in [1.82, 2.24) is 15.1 Å². The van der Waals surface area contributed by atoms with Gasteiger partial charge >= 0.3 is 6.03 Å². The number of nitrogens with zero attached hydrogens (tertiary/aromatic N) is 2. The van der Waals surface area contributed by atoms with Crippen molar-refractivity contribution >= 4 is 6.03 Å². The molecule has 22 heavy (non-hydrogen) atoms. The van der Waals surface area contributed by atoms with Gasteiger partial charge < -0.3 is 20.2 Å². The summed E-state index contributed by atoms with van der Waals surface area (Å²) >= 11 is 0. The third-order valence-electron chi connectivity index (χ3n) is 5.28. The summed E-state index contributed by atoms with van der Waals surface area (Å²) in [7, 11) is 1.83. The Labute approximate surface area is 135 Å². The first-order valence-corrected chi connectivity index (χ1v) is 8.95. The van der Waals surface area contributed by atoms with Crippen molar-refractivity contribution in [2.75, 3.05) is 39.8 Å². The molecule has 2 rings (SSSR count). The molecule has 2 amide bonds. The topological polar surface area (TPSA) is 55.8 Å². The van der Waals surface area contributed by atoms with Gasteiger partial charge in [-0.1, -0.05) is 13.3 Å². The molecule has 0 radical (unpaired) electrons. The first-order chi connectivity index (χ1) is 10.6. The summed E-state index contributed by atoms with van der Waals surface area (Å²) in [5.74, 6) is 1.13. The molecule has 0 aromatic heterocycles. The summed E-state index contributed by atoms with van der Waals surface area (Å²) in [5, 5.41) is 12.8. The number of urea groups is 1.